The number of carboxylic acids is 1. The van der Waals surface area contributed by atoms with Gasteiger partial charge >= 0.3 is 5.97 Å². The first-order valence-electron chi connectivity index (χ1n) is 10.5. The van der Waals surface area contributed by atoms with Crippen LogP contribution in [0, 0.1) is 0 Å². The van der Waals surface area contributed by atoms with Gasteiger partial charge in [-0.1, -0.05) is 35.9 Å². The van der Waals surface area contributed by atoms with Gasteiger partial charge < -0.3 is 14.7 Å². The van der Waals surface area contributed by atoms with Crippen LogP contribution < -0.4 is 9.64 Å². The Hall–Kier alpha value is -3.64. The first-order valence-corrected chi connectivity index (χ1v) is 10.9. The molecule has 2 aromatic carbocycles. The molecule has 1 amide bonds. The van der Waals surface area contributed by atoms with Crippen LogP contribution in [0.3, 0.4) is 0 Å². The van der Waals surface area contributed by atoms with Crippen molar-refractivity contribution in [2.75, 3.05) is 18.6 Å². The summed E-state index contributed by atoms with van der Waals surface area (Å²) in [4.78, 5) is 29.3. The van der Waals surface area contributed by atoms with Gasteiger partial charge in [0.1, 0.15) is 5.75 Å². The summed E-state index contributed by atoms with van der Waals surface area (Å²) in [5, 5.41) is 9.51. The molecule has 3 aromatic rings. The van der Waals surface area contributed by atoms with Crippen molar-refractivity contribution >= 4 is 34.7 Å². The molecule has 0 aliphatic heterocycles. The number of amides is 1. The smallest absolute Gasteiger partial charge is 0.303 e. The molecule has 1 aromatic heterocycles. The number of benzene rings is 2. The molecule has 7 heteroatoms. The van der Waals surface area contributed by atoms with Crippen LogP contribution in [0.15, 0.2) is 79.1 Å². The van der Waals surface area contributed by atoms with Gasteiger partial charge in [-0.25, -0.2) is 0 Å². The van der Waals surface area contributed by atoms with Gasteiger partial charge in [0.2, 0.25) is 0 Å². The van der Waals surface area contributed by atoms with Gasteiger partial charge in [0.15, 0.2) is 6.61 Å². The Bertz CT molecular complexity index is 1110. The van der Waals surface area contributed by atoms with Gasteiger partial charge in [-0.15, -0.1) is 0 Å². The molecule has 170 valence electrons. The minimum atomic E-state index is -0.811. The lowest BCUT2D eigenvalue weighted by Crippen LogP contribution is -2.31. The van der Waals surface area contributed by atoms with Crippen molar-refractivity contribution in [3.05, 3.63) is 95.3 Å². The third-order valence-corrected chi connectivity index (χ3v) is 5.26. The molecule has 0 saturated carbocycles. The van der Waals surface area contributed by atoms with Crippen molar-refractivity contribution in [3.8, 4) is 5.75 Å². The zero-order valence-electron chi connectivity index (χ0n) is 18.3. The third kappa shape index (κ3) is 7.19. The molecule has 0 fully saturated rings. The number of unbranched alkanes of at least 4 members (excludes halogenated alkanes) is 1. The number of aliphatic carboxylic acids is 1. The van der Waals surface area contributed by atoms with E-state index in [9.17, 15) is 9.59 Å². The Morgan fingerprint density at radius 1 is 1.09 bits per heavy atom. The van der Waals surface area contributed by atoms with Crippen LogP contribution in [0.1, 0.15) is 30.4 Å². The summed E-state index contributed by atoms with van der Waals surface area (Å²) in [5.41, 5.74) is 3.49. The first-order chi connectivity index (χ1) is 15.9. The normalized spacial score (nSPS) is 11.2. The fourth-order valence-corrected chi connectivity index (χ4v) is 3.35. The van der Waals surface area contributed by atoms with Crippen molar-refractivity contribution in [3.63, 3.8) is 0 Å². The van der Waals surface area contributed by atoms with E-state index in [0.717, 1.165) is 22.4 Å². The Morgan fingerprint density at radius 2 is 1.85 bits per heavy atom. The summed E-state index contributed by atoms with van der Waals surface area (Å²) in [7, 11) is 1.70. The summed E-state index contributed by atoms with van der Waals surface area (Å²) in [6, 6.07) is 18.3. The molecule has 0 saturated heterocycles. The Balaban J connectivity index is 1.76. The highest BCUT2D eigenvalue weighted by Gasteiger charge is 2.14. The fraction of sp³-hybridized carbons (Fsp3) is 0.192. The van der Waals surface area contributed by atoms with E-state index >= 15 is 0 Å². The number of pyridine rings is 1. The van der Waals surface area contributed by atoms with E-state index < -0.39 is 5.97 Å². The van der Waals surface area contributed by atoms with Crippen molar-refractivity contribution in [2.45, 2.75) is 19.3 Å². The van der Waals surface area contributed by atoms with Crippen molar-refractivity contribution in [1.82, 2.24) is 4.98 Å². The Morgan fingerprint density at radius 3 is 2.55 bits per heavy atom. The third-order valence-electron chi connectivity index (χ3n) is 5.01. The minimum Gasteiger partial charge on any atom is -0.484 e. The van der Waals surface area contributed by atoms with Crippen molar-refractivity contribution < 1.29 is 19.4 Å². The summed E-state index contributed by atoms with van der Waals surface area (Å²) < 4.78 is 5.58. The van der Waals surface area contributed by atoms with E-state index in [1.165, 1.54) is 0 Å². The van der Waals surface area contributed by atoms with Crippen LogP contribution in [0.4, 0.5) is 5.69 Å². The molecule has 1 N–H and O–H groups in total. The maximum absolute atomic E-state index is 12.7. The number of aromatic nitrogens is 1. The van der Waals surface area contributed by atoms with Gasteiger partial charge in [-0.05, 0) is 66.4 Å². The van der Waals surface area contributed by atoms with Gasteiger partial charge in [0.05, 0.1) is 0 Å². The number of carbonyl (C=O) groups is 2. The Labute approximate surface area is 198 Å². The van der Waals surface area contributed by atoms with Crippen LogP contribution >= 0.6 is 11.6 Å². The SMILES string of the molecule is CN(C(=O)COc1ccc(Cl)cc1)c1cccc(C(=CCCCC(=O)O)c2cccnc2)c1. The highest BCUT2D eigenvalue weighted by atomic mass is 35.5. The van der Waals surface area contributed by atoms with Crippen LogP contribution in [-0.4, -0.2) is 35.6 Å². The zero-order chi connectivity index (χ0) is 23.6. The number of rotatable bonds is 10. The lowest BCUT2D eigenvalue weighted by atomic mass is 9.97. The van der Waals surface area contributed by atoms with E-state index in [-0.39, 0.29) is 18.9 Å². The molecule has 6 nitrogen and oxygen atoms in total. The molecule has 0 aliphatic rings. The average Bonchev–Trinajstić information content (AvgIpc) is 2.83. The second-order valence-corrected chi connectivity index (χ2v) is 7.83. The lowest BCUT2D eigenvalue weighted by molar-refractivity contribution is -0.137. The number of hydrogen-bond donors (Lipinski definition) is 1. The molecule has 0 bridgehead atoms. The zero-order valence-corrected chi connectivity index (χ0v) is 19.0. The van der Waals surface area contributed by atoms with E-state index in [2.05, 4.69) is 4.98 Å². The lowest BCUT2D eigenvalue weighted by Gasteiger charge is -2.19. The highest BCUT2D eigenvalue weighted by molar-refractivity contribution is 6.30. The molecule has 3 rings (SSSR count). The monoisotopic (exact) mass is 464 g/mol. The van der Waals surface area contributed by atoms with E-state index in [1.54, 1.807) is 48.6 Å². The predicted octanol–water partition coefficient (Wildman–Crippen LogP) is 5.46. The first kappa shape index (κ1) is 24.0. The average molecular weight is 465 g/mol. The second-order valence-electron chi connectivity index (χ2n) is 7.39. The quantitative estimate of drug-likeness (QED) is 0.403. The number of halogens is 1. The number of carboxylic acid groups (broad SMARTS) is 1. The number of hydrogen-bond acceptors (Lipinski definition) is 4. The van der Waals surface area contributed by atoms with Crippen molar-refractivity contribution in [1.29, 1.82) is 0 Å². The fourth-order valence-electron chi connectivity index (χ4n) is 3.22. The van der Waals surface area contributed by atoms with Crippen LogP contribution in [0.25, 0.3) is 5.57 Å². The molecule has 0 spiro atoms. The van der Waals surface area contributed by atoms with Crippen LogP contribution in [-0.2, 0) is 9.59 Å². The molecule has 0 aliphatic carbocycles. The number of carbonyl (C=O) groups excluding carboxylic acids is 1. The topological polar surface area (TPSA) is 79.7 Å². The van der Waals surface area contributed by atoms with E-state index in [4.69, 9.17) is 21.4 Å². The van der Waals surface area contributed by atoms with E-state index in [1.807, 2.05) is 42.5 Å². The maximum atomic E-state index is 12.7. The van der Waals surface area contributed by atoms with Crippen LogP contribution in [0.2, 0.25) is 5.02 Å². The molecule has 0 atom stereocenters. The van der Waals surface area contributed by atoms with Gasteiger partial charge in [-0.3, -0.25) is 14.6 Å². The van der Waals surface area contributed by atoms with Crippen molar-refractivity contribution in [2.24, 2.45) is 0 Å². The van der Waals surface area contributed by atoms with Gasteiger partial charge in [0, 0.05) is 42.1 Å². The minimum absolute atomic E-state index is 0.108. The number of anilines is 1. The summed E-state index contributed by atoms with van der Waals surface area (Å²) >= 11 is 5.88. The largest absolute Gasteiger partial charge is 0.484 e. The molecular formula is C26H25ClN2O4. The van der Waals surface area contributed by atoms with Gasteiger partial charge in [-0.2, -0.15) is 0 Å². The molecule has 33 heavy (non-hydrogen) atoms. The second kappa shape index (κ2) is 11.8. The summed E-state index contributed by atoms with van der Waals surface area (Å²) in [6.45, 7) is -0.108. The highest BCUT2D eigenvalue weighted by Crippen LogP contribution is 2.27. The summed E-state index contributed by atoms with van der Waals surface area (Å²) in [6.07, 6.45) is 6.76. The predicted molar refractivity (Wildman–Crippen MR) is 130 cm³/mol. The number of nitrogens with zero attached hydrogens (tertiary/aromatic N) is 2. The number of likely N-dealkylation sites (N-methyl/N-ethyl adjacent to an activating group) is 1. The Kier molecular flexibility index (Phi) is 8.61. The summed E-state index contributed by atoms with van der Waals surface area (Å²) in [5.74, 6) is -0.442. The molecule has 1 heterocycles. The van der Waals surface area contributed by atoms with E-state index in [0.29, 0.717) is 23.6 Å². The molecular weight excluding hydrogens is 440 g/mol. The number of allylic oxidation sites excluding steroid dienone is 1. The molecule has 0 radical (unpaired) electrons. The maximum Gasteiger partial charge on any atom is 0.303 e. The van der Waals surface area contributed by atoms with Crippen LogP contribution in [0.5, 0.6) is 5.75 Å². The molecule has 0 unspecified atom stereocenters. The standard InChI is InChI=1S/C26H25ClN2O4/c1-29(25(30)18-33-23-13-11-21(27)12-14-23)22-8-4-6-19(16-22)24(9-2-3-10-26(31)32)20-7-5-15-28-17-20/h4-9,11-17H,2-3,10,18H2,1H3,(H,31,32). The van der Waals surface area contributed by atoms with Gasteiger partial charge in [0.25, 0.3) is 5.91 Å². The number of ether oxygens (including phenoxy) is 1.